The standard InChI is InChI=1S/C17H21N3OS/c1-21-15-10-8-13(9-11-15)16-12-22-17(18-16)20-19-14-6-4-2-3-5-7-14/h8-12H,2-7H2,1H3,(H,18,20). The first-order valence-electron chi connectivity index (χ1n) is 7.76. The second-order valence-electron chi connectivity index (χ2n) is 5.47. The summed E-state index contributed by atoms with van der Waals surface area (Å²) in [6.45, 7) is 0. The fraction of sp³-hybridized carbons (Fsp3) is 0.412. The highest BCUT2D eigenvalue weighted by Crippen LogP contribution is 2.26. The molecule has 1 aromatic heterocycles. The molecule has 0 spiro atoms. The third-order valence-corrected chi connectivity index (χ3v) is 4.63. The van der Waals surface area contributed by atoms with Crippen LogP contribution in [0.15, 0.2) is 34.7 Å². The van der Waals surface area contributed by atoms with Crippen molar-refractivity contribution in [1.82, 2.24) is 4.98 Å². The fourth-order valence-electron chi connectivity index (χ4n) is 2.59. The van der Waals surface area contributed by atoms with Gasteiger partial charge in [0.1, 0.15) is 5.75 Å². The number of nitrogens with zero attached hydrogens (tertiary/aromatic N) is 2. The van der Waals surface area contributed by atoms with E-state index in [0.717, 1.165) is 35.0 Å². The summed E-state index contributed by atoms with van der Waals surface area (Å²) in [5.41, 5.74) is 6.46. The number of methoxy groups -OCH3 is 1. The van der Waals surface area contributed by atoms with Gasteiger partial charge in [-0.3, -0.25) is 5.43 Å². The van der Waals surface area contributed by atoms with E-state index in [2.05, 4.69) is 20.9 Å². The Morgan fingerprint density at radius 3 is 2.50 bits per heavy atom. The number of aromatic nitrogens is 1. The predicted octanol–water partition coefficient (Wildman–Crippen LogP) is 4.94. The second-order valence-corrected chi connectivity index (χ2v) is 6.33. The molecule has 22 heavy (non-hydrogen) atoms. The highest BCUT2D eigenvalue weighted by atomic mass is 32.1. The van der Waals surface area contributed by atoms with Crippen LogP contribution in [-0.2, 0) is 0 Å². The lowest BCUT2D eigenvalue weighted by molar-refractivity contribution is 0.415. The van der Waals surface area contributed by atoms with Crippen molar-refractivity contribution in [3.8, 4) is 17.0 Å². The largest absolute Gasteiger partial charge is 0.497 e. The molecule has 1 N–H and O–H groups in total. The van der Waals surface area contributed by atoms with E-state index >= 15 is 0 Å². The molecule has 1 aliphatic rings. The first kappa shape index (κ1) is 15.0. The molecule has 0 bridgehead atoms. The maximum absolute atomic E-state index is 5.18. The van der Waals surface area contributed by atoms with Crippen LogP contribution in [0.25, 0.3) is 11.3 Å². The van der Waals surface area contributed by atoms with Crippen molar-refractivity contribution in [2.75, 3.05) is 12.5 Å². The molecule has 0 atom stereocenters. The normalized spacial score (nSPS) is 15.2. The minimum absolute atomic E-state index is 0.850. The van der Waals surface area contributed by atoms with Crippen molar-refractivity contribution < 1.29 is 4.74 Å². The van der Waals surface area contributed by atoms with Crippen molar-refractivity contribution in [3.63, 3.8) is 0 Å². The van der Waals surface area contributed by atoms with E-state index in [1.807, 2.05) is 24.3 Å². The van der Waals surface area contributed by atoms with Gasteiger partial charge in [-0.2, -0.15) is 5.10 Å². The molecule has 1 aromatic carbocycles. The second kappa shape index (κ2) is 7.40. The maximum Gasteiger partial charge on any atom is 0.203 e. The Hall–Kier alpha value is -1.88. The number of hydrazone groups is 1. The van der Waals surface area contributed by atoms with Gasteiger partial charge in [0.05, 0.1) is 12.8 Å². The van der Waals surface area contributed by atoms with Crippen molar-refractivity contribution in [3.05, 3.63) is 29.6 Å². The maximum atomic E-state index is 5.18. The van der Waals surface area contributed by atoms with Crippen LogP contribution in [0.1, 0.15) is 38.5 Å². The molecular formula is C17H21N3OS. The quantitative estimate of drug-likeness (QED) is 0.642. The summed E-state index contributed by atoms with van der Waals surface area (Å²) in [7, 11) is 1.67. The Morgan fingerprint density at radius 1 is 1.09 bits per heavy atom. The van der Waals surface area contributed by atoms with Gasteiger partial charge in [-0.05, 0) is 49.9 Å². The van der Waals surface area contributed by atoms with Crippen LogP contribution in [0.3, 0.4) is 0 Å². The van der Waals surface area contributed by atoms with Crippen LogP contribution in [0, 0.1) is 0 Å². The van der Waals surface area contributed by atoms with Crippen LogP contribution in [0.5, 0.6) is 5.75 Å². The first-order valence-corrected chi connectivity index (χ1v) is 8.64. The van der Waals surface area contributed by atoms with E-state index in [1.54, 1.807) is 18.4 Å². The number of thiazole rings is 1. The summed E-state index contributed by atoms with van der Waals surface area (Å²) in [4.78, 5) is 4.60. The van der Waals surface area contributed by atoms with Crippen molar-refractivity contribution in [2.45, 2.75) is 38.5 Å². The molecule has 2 aromatic rings. The summed E-state index contributed by atoms with van der Waals surface area (Å²) in [6, 6.07) is 7.95. The number of ether oxygens (including phenoxy) is 1. The Balaban J connectivity index is 1.66. The summed E-state index contributed by atoms with van der Waals surface area (Å²) >= 11 is 1.59. The Labute approximate surface area is 135 Å². The Bertz CT molecular complexity index is 624. The molecule has 1 fully saturated rings. The average molecular weight is 315 g/mol. The molecule has 1 heterocycles. The van der Waals surface area contributed by atoms with E-state index in [-0.39, 0.29) is 0 Å². The van der Waals surface area contributed by atoms with E-state index in [1.165, 1.54) is 31.4 Å². The van der Waals surface area contributed by atoms with Gasteiger partial charge in [0, 0.05) is 16.7 Å². The average Bonchev–Trinajstić information content (AvgIpc) is 2.88. The fourth-order valence-corrected chi connectivity index (χ4v) is 3.26. The van der Waals surface area contributed by atoms with Gasteiger partial charge in [-0.25, -0.2) is 4.98 Å². The molecule has 1 saturated carbocycles. The van der Waals surface area contributed by atoms with E-state index in [9.17, 15) is 0 Å². The monoisotopic (exact) mass is 315 g/mol. The molecule has 5 heteroatoms. The van der Waals surface area contributed by atoms with Crippen molar-refractivity contribution in [2.24, 2.45) is 5.10 Å². The van der Waals surface area contributed by atoms with Crippen molar-refractivity contribution in [1.29, 1.82) is 0 Å². The zero-order valence-corrected chi connectivity index (χ0v) is 13.7. The summed E-state index contributed by atoms with van der Waals surface area (Å²) in [5, 5.41) is 7.44. The lowest BCUT2D eigenvalue weighted by atomic mass is 10.2. The van der Waals surface area contributed by atoms with Gasteiger partial charge in [0.15, 0.2) is 0 Å². The summed E-state index contributed by atoms with van der Waals surface area (Å²) in [6.07, 6.45) is 7.41. The number of hydrogen-bond donors (Lipinski definition) is 1. The lowest BCUT2D eigenvalue weighted by Crippen LogP contribution is -2.00. The molecule has 0 unspecified atom stereocenters. The van der Waals surface area contributed by atoms with E-state index in [4.69, 9.17) is 4.74 Å². The minimum Gasteiger partial charge on any atom is -0.497 e. The smallest absolute Gasteiger partial charge is 0.203 e. The molecule has 1 aliphatic carbocycles. The highest BCUT2D eigenvalue weighted by Gasteiger charge is 2.07. The molecule has 3 rings (SSSR count). The van der Waals surface area contributed by atoms with Crippen LogP contribution < -0.4 is 10.2 Å². The number of benzene rings is 1. The number of nitrogens with one attached hydrogen (secondary N) is 1. The van der Waals surface area contributed by atoms with Gasteiger partial charge >= 0.3 is 0 Å². The van der Waals surface area contributed by atoms with Crippen LogP contribution in [0.2, 0.25) is 0 Å². The molecule has 116 valence electrons. The summed E-state index contributed by atoms with van der Waals surface area (Å²) < 4.78 is 5.18. The molecule has 0 saturated heterocycles. The van der Waals surface area contributed by atoms with Gasteiger partial charge < -0.3 is 4.74 Å². The topological polar surface area (TPSA) is 46.5 Å². The molecule has 0 aliphatic heterocycles. The zero-order valence-electron chi connectivity index (χ0n) is 12.8. The SMILES string of the molecule is COc1ccc(-c2csc(NN=C3CCCCCC3)n2)cc1. The lowest BCUT2D eigenvalue weighted by Gasteiger charge is -2.02. The third-order valence-electron chi connectivity index (χ3n) is 3.88. The number of anilines is 1. The van der Waals surface area contributed by atoms with Gasteiger partial charge in [0.25, 0.3) is 0 Å². The van der Waals surface area contributed by atoms with Crippen LogP contribution in [0.4, 0.5) is 5.13 Å². The van der Waals surface area contributed by atoms with Crippen LogP contribution >= 0.6 is 11.3 Å². The predicted molar refractivity (Wildman–Crippen MR) is 92.9 cm³/mol. The molecular weight excluding hydrogens is 294 g/mol. The zero-order chi connectivity index (χ0) is 15.2. The Kier molecular flexibility index (Phi) is 5.06. The number of rotatable bonds is 4. The van der Waals surface area contributed by atoms with Gasteiger partial charge in [-0.15, -0.1) is 11.3 Å². The molecule has 0 amide bonds. The highest BCUT2D eigenvalue weighted by molar-refractivity contribution is 7.14. The van der Waals surface area contributed by atoms with Gasteiger partial charge in [-0.1, -0.05) is 12.8 Å². The van der Waals surface area contributed by atoms with E-state index < -0.39 is 0 Å². The minimum atomic E-state index is 0.850. The summed E-state index contributed by atoms with van der Waals surface area (Å²) in [5.74, 6) is 0.858. The van der Waals surface area contributed by atoms with E-state index in [0.29, 0.717) is 0 Å². The number of hydrogen-bond acceptors (Lipinski definition) is 5. The molecule has 0 radical (unpaired) electrons. The van der Waals surface area contributed by atoms with Crippen molar-refractivity contribution >= 4 is 22.2 Å². The molecule has 4 nitrogen and oxygen atoms in total. The van der Waals surface area contributed by atoms with Gasteiger partial charge in [0.2, 0.25) is 5.13 Å². The Morgan fingerprint density at radius 2 is 1.82 bits per heavy atom. The third kappa shape index (κ3) is 3.85. The first-order chi connectivity index (χ1) is 10.8. The van der Waals surface area contributed by atoms with Crippen LogP contribution in [-0.4, -0.2) is 17.8 Å².